The van der Waals surface area contributed by atoms with E-state index in [1.807, 2.05) is 17.0 Å². The van der Waals surface area contributed by atoms with Gasteiger partial charge in [0.15, 0.2) is 23.1 Å². The monoisotopic (exact) mass is 383 g/mol. The molecule has 3 heterocycles. The van der Waals surface area contributed by atoms with E-state index in [0.717, 1.165) is 37.8 Å². The van der Waals surface area contributed by atoms with Crippen molar-refractivity contribution in [2.75, 3.05) is 55.9 Å². The maximum atomic E-state index is 12.8. The molecule has 8 heteroatoms. The fourth-order valence-corrected chi connectivity index (χ4v) is 3.55. The molecule has 0 unspecified atom stereocenters. The fraction of sp³-hybridized carbons (Fsp3) is 0.450. The molecule has 2 aromatic rings. The molecular weight excluding hydrogens is 358 g/mol. The minimum Gasteiger partial charge on any atom is -0.454 e. The first-order chi connectivity index (χ1) is 13.7. The second-order valence-electron chi connectivity index (χ2n) is 6.77. The van der Waals surface area contributed by atoms with Crippen LogP contribution in [0.3, 0.4) is 0 Å². The first-order valence-corrected chi connectivity index (χ1v) is 9.72. The van der Waals surface area contributed by atoms with Crippen LogP contribution in [0.15, 0.2) is 30.3 Å². The molecule has 1 amide bonds. The van der Waals surface area contributed by atoms with Crippen LogP contribution in [-0.4, -0.2) is 67.1 Å². The Balaban J connectivity index is 1.37. The third-order valence-corrected chi connectivity index (χ3v) is 5.23. The number of fused-ring (bicyclic) bond motifs is 1. The molecule has 0 saturated carbocycles. The molecule has 8 nitrogen and oxygen atoms in total. The Hall–Kier alpha value is -3.03. The van der Waals surface area contributed by atoms with Crippen LogP contribution >= 0.6 is 0 Å². The number of hydrogen-bond donors (Lipinski definition) is 0. The third kappa shape index (κ3) is 3.54. The van der Waals surface area contributed by atoms with Gasteiger partial charge in [-0.2, -0.15) is 0 Å². The molecule has 1 fully saturated rings. The van der Waals surface area contributed by atoms with Crippen molar-refractivity contribution in [3.63, 3.8) is 0 Å². The normalized spacial score (nSPS) is 15.6. The number of amides is 1. The van der Waals surface area contributed by atoms with E-state index in [2.05, 4.69) is 33.8 Å². The average molecular weight is 383 g/mol. The summed E-state index contributed by atoms with van der Waals surface area (Å²) in [7, 11) is 0. The van der Waals surface area contributed by atoms with Crippen LogP contribution in [0.4, 0.5) is 11.6 Å². The van der Waals surface area contributed by atoms with Crippen molar-refractivity contribution in [3.05, 3.63) is 35.9 Å². The minimum absolute atomic E-state index is 0.0147. The lowest BCUT2D eigenvalue weighted by Crippen LogP contribution is -2.49. The molecule has 0 bridgehead atoms. The van der Waals surface area contributed by atoms with Gasteiger partial charge in [0.1, 0.15) is 0 Å². The van der Waals surface area contributed by atoms with Crippen LogP contribution in [0, 0.1) is 0 Å². The maximum Gasteiger partial charge on any atom is 0.254 e. The van der Waals surface area contributed by atoms with Gasteiger partial charge in [0.25, 0.3) is 5.91 Å². The topological polar surface area (TPSA) is 71.0 Å². The van der Waals surface area contributed by atoms with Crippen LogP contribution in [0.2, 0.25) is 0 Å². The summed E-state index contributed by atoms with van der Waals surface area (Å²) in [6.45, 7) is 8.99. The fourth-order valence-electron chi connectivity index (χ4n) is 3.55. The minimum atomic E-state index is 0.0147. The first-order valence-electron chi connectivity index (χ1n) is 9.72. The van der Waals surface area contributed by atoms with Gasteiger partial charge in [0.05, 0.1) is 0 Å². The zero-order valence-corrected chi connectivity index (χ0v) is 16.3. The van der Waals surface area contributed by atoms with Crippen LogP contribution in [0.5, 0.6) is 11.5 Å². The van der Waals surface area contributed by atoms with Gasteiger partial charge >= 0.3 is 0 Å². The van der Waals surface area contributed by atoms with Gasteiger partial charge in [-0.25, -0.2) is 0 Å². The molecule has 0 radical (unpaired) electrons. The maximum absolute atomic E-state index is 12.8. The summed E-state index contributed by atoms with van der Waals surface area (Å²) in [5.74, 6) is 3.08. The number of rotatable bonds is 5. The number of hydrogen-bond acceptors (Lipinski definition) is 7. The molecule has 1 saturated heterocycles. The average Bonchev–Trinajstić information content (AvgIpc) is 3.23. The van der Waals surface area contributed by atoms with E-state index >= 15 is 0 Å². The Morgan fingerprint density at radius 3 is 2.43 bits per heavy atom. The van der Waals surface area contributed by atoms with E-state index in [4.69, 9.17) is 9.47 Å². The van der Waals surface area contributed by atoms with Gasteiger partial charge in [-0.3, -0.25) is 4.79 Å². The molecule has 148 valence electrons. The van der Waals surface area contributed by atoms with Crippen molar-refractivity contribution in [2.45, 2.75) is 13.8 Å². The highest BCUT2D eigenvalue weighted by molar-refractivity contribution is 5.95. The van der Waals surface area contributed by atoms with E-state index in [-0.39, 0.29) is 12.7 Å². The highest BCUT2D eigenvalue weighted by atomic mass is 16.7. The molecule has 1 aromatic heterocycles. The SMILES string of the molecule is CCN(CC)c1ccc(N2CCN(C(=O)c3ccc4c(c3)OCO4)CC2)nn1. The van der Waals surface area contributed by atoms with Crippen molar-refractivity contribution in [3.8, 4) is 11.5 Å². The van der Waals surface area contributed by atoms with Crippen molar-refractivity contribution in [2.24, 2.45) is 0 Å². The molecule has 0 aliphatic carbocycles. The van der Waals surface area contributed by atoms with E-state index in [1.54, 1.807) is 18.2 Å². The Morgan fingerprint density at radius 2 is 1.75 bits per heavy atom. The number of anilines is 2. The molecule has 2 aliphatic heterocycles. The quantitative estimate of drug-likeness (QED) is 0.782. The largest absolute Gasteiger partial charge is 0.454 e. The Bertz CT molecular complexity index is 830. The lowest BCUT2D eigenvalue weighted by molar-refractivity contribution is 0.0746. The van der Waals surface area contributed by atoms with Crippen LogP contribution in [0.25, 0.3) is 0 Å². The van der Waals surface area contributed by atoms with Gasteiger partial charge in [0, 0.05) is 44.8 Å². The summed E-state index contributed by atoms with van der Waals surface area (Å²) in [5, 5.41) is 8.75. The predicted molar refractivity (Wildman–Crippen MR) is 106 cm³/mol. The Kier molecular flexibility index (Phi) is 5.18. The molecule has 0 spiro atoms. The van der Waals surface area contributed by atoms with E-state index in [1.165, 1.54) is 0 Å². The summed E-state index contributed by atoms with van der Waals surface area (Å²) >= 11 is 0. The van der Waals surface area contributed by atoms with Crippen molar-refractivity contribution in [1.29, 1.82) is 0 Å². The van der Waals surface area contributed by atoms with Gasteiger partial charge in [-0.05, 0) is 44.2 Å². The van der Waals surface area contributed by atoms with Crippen molar-refractivity contribution >= 4 is 17.5 Å². The van der Waals surface area contributed by atoms with E-state index < -0.39 is 0 Å². The molecule has 0 N–H and O–H groups in total. The molecule has 0 atom stereocenters. The number of carbonyl (C=O) groups excluding carboxylic acids is 1. The van der Waals surface area contributed by atoms with Crippen molar-refractivity contribution in [1.82, 2.24) is 15.1 Å². The zero-order valence-electron chi connectivity index (χ0n) is 16.3. The van der Waals surface area contributed by atoms with Gasteiger partial charge in [0.2, 0.25) is 6.79 Å². The highest BCUT2D eigenvalue weighted by Crippen LogP contribution is 2.33. The number of benzene rings is 1. The molecular formula is C20H25N5O3. The highest BCUT2D eigenvalue weighted by Gasteiger charge is 2.25. The summed E-state index contributed by atoms with van der Waals surface area (Å²) in [6.07, 6.45) is 0. The van der Waals surface area contributed by atoms with E-state index in [9.17, 15) is 4.79 Å². The second kappa shape index (κ2) is 7.92. The number of piperazine rings is 1. The molecule has 2 aliphatic rings. The van der Waals surface area contributed by atoms with E-state index in [0.29, 0.717) is 30.2 Å². The molecule has 1 aromatic carbocycles. The number of carbonyl (C=O) groups is 1. The summed E-state index contributed by atoms with van der Waals surface area (Å²) in [5.41, 5.74) is 0.626. The summed E-state index contributed by atoms with van der Waals surface area (Å²) in [6, 6.07) is 9.36. The lowest BCUT2D eigenvalue weighted by atomic mass is 10.1. The van der Waals surface area contributed by atoms with Crippen LogP contribution < -0.4 is 19.3 Å². The van der Waals surface area contributed by atoms with Gasteiger partial charge in [-0.1, -0.05) is 0 Å². The molecule has 28 heavy (non-hydrogen) atoms. The summed E-state index contributed by atoms with van der Waals surface area (Å²) in [4.78, 5) is 19.0. The standard InChI is InChI=1S/C20H25N5O3/c1-3-23(4-2)18-7-8-19(22-21-18)24-9-11-25(12-10-24)20(26)15-5-6-16-17(13-15)28-14-27-16/h5-8,13H,3-4,9-12,14H2,1-2H3. The number of aromatic nitrogens is 2. The van der Waals surface area contributed by atoms with Crippen LogP contribution in [0.1, 0.15) is 24.2 Å². The Labute approximate surface area is 164 Å². The Morgan fingerprint density at radius 1 is 1.00 bits per heavy atom. The van der Waals surface area contributed by atoms with Gasteiger partial charge < -0.3 is 24.2 Å². The third-order valence-electron chi connectivity index (χ3n) is 5.23. The lowest BCUT2D eigenvalue weighted by Gasteiger charge is -2.35. The van der Waals surface area contributed by atoms with Gasteiger partial charge in [-0.15, -0.1) is 10.2 Å². The molecule has 4 rings (SSSR count). The second-order valence-corrected chi connectivity index (χ2v) is 6.77. The van der Waals surface area contributed by atoms with Crippen LogP contribution in [-0.2, 0) is 0 Å². The first kappa shape index (κ1) is 18.3. The summed E-state index contributed by atoms with van der Waals surface area (Å²) < 4.78 is 10.7. The number of ether oxygens (including phenoxy) is 2. The smallest absolute Gasteiger partial charge is 0.254 e. The zero-order chi connectivity index (χ0) is 19.5. The number of nitrogens with zero attached hydrogens (tertiary/aromatic N) is 5. The van der Waals surface area contributed by atoms with Crippen molar-refractivity contribution < 1.29 is 14.3 Å². The predicted octanol–water partition coefficient (Wildman–Crippen LogP) is 2.01.